The summed E-state index contributed by atoms with van der Waals surface area (Å²) in [7, 11) is 0. The third-order valence-electron chi connectivity index (χ3n) is 2.13. The van der Waals surface area contributed by atoms with Gasteiger partial charge in [-0.25, -0.2) is 4.79 Å². The maximum atomic E-state index is 10.7. The number of carbonyl (C=O) groups is 1. The van der Waals surface area contributed by atoms with Crippen LogP contribution in [-0.2, 0) is 15.9 Å². The summed E-state index contributed by atoms with van der Waals surface area (Å²) in [6.45, 7) is 0.265. The van der Waals surface area contributed by atoms with Gasteiger partial charge in [-0.3, -0.25) is 0 Å². The summed E-state index contributed by atoms with van der Waals surface area (Å²) in [5, 5.41) is 9.30. The molecule has 15 heavy (non-hydrogen) atoms. The number of hydrogen-bond acceptors (Lipinski definition) is 4. The molecule has 0 bridgehead atoms. The van der Waals surface area contributed by atoms with Crippen molar-refractivity contribution in [2.24, 2.45) is 0 Å². The van der Waals surface area contributed by atoms with E-state index in [1.807, 2.05) is 0 Å². The van der Waals surface area contributed by atoms with E-state index in [-0.39, 0.29) is 18.5 Å². The zero-order valence-electron chi connectivity index (χ0n) is 7.77. The molecule has 1 heterocycles. The molecule has 1 unspecified atom stereocenters. The summed E-state index contributed by atoms with van der Waals surface area (Å²) >= 11 is 3.36. The van der Waals surface area contributed by atoms with Crippen LogP contribution in [-0.4, -0.2) is 24.0 Å². The summed E-state index contributed by atoms with van der Waals surface area (Å²) in [5.41, 5.74) is 0.887. The number of hydrogen-bond donors (Lipinski definition) is 1. The minimum Gasteiger partial charge on any atom is -0.508 e. The van der Waals surface area contributed by atoms with Gasteiger partial charge in [0, 0.05) is 10.9 Å². The van der Waals surface area contributed by atoms with E-state index in [9.17, 15) is 9.90 Å². The quantitative estimate of drug-likeness (QED) is 0.839. The maximum Gasteiger partial charge on any atom is 0.508 e. The summed E-state index contributed by atoms with van der Waals surface area (Å²) < 4.78 is 10.4. The van der Waals surface area contributed by atoms with E-state index in [1.165, 1.54) is 0 Å². The molecule has 4 nitrogen and oxygen atoms in total. The summed E-state index contributed by atoms with van der Waals surface area (Å²) in [4.78, 5) is 10.7. The van der Waals surface area contributed by atoms with Crippen molar-refractivity contribution in [3.63, 3.8) is 0 Å². The Kier molecular flexibility index (Phi) is 2.81. The number of ether oxygens (including phenoxy) is 2. The fourth-order valence-corrected chi connectivity index (χ4v) is 1.84. The molecule has 1 aromatic rings. The lowest BCUT2D eigenvalue weighted by molar-refractivity contribution is 0.118. The molecule has 5 heteroatoms. The molecule has 1 saturated heterocycles. The predicted molar refractivity (Wildman–Crippen MR) is 55.7 cm³/mol. The Morgan fingerprint density at radius 2 is 2.33 bits per heavy atom. The van der Waals surface area contributed by atoms with Gasteiger partial charge in [0.15, 0.2) is 0 Å². The Labute approximate surface area is 94.9 Å². The molecule has 0 amide bonds. The fourth-order valence-electron chi connectivity index (χ4n) is 1.43. The highest BCUT2D eigenvalue weighted by Crippen LogP contribution is 2.24. The molecule has 1 aliphatic heterocycles. The number of carbonyl (C=O) groups excluding carboxylic acids is 1. The largest absolute Gasteiger partial charge is 0.508 e. The first-order valence-electron chi connectivity index (χ1n) is 4.46. The van der Waals surface area contributed by atoms with E-state index >= 15 is 0 Å². The third kappa shape index (κ3) is 2.41. The summed E-state index contributed by atoms with van der Waals surface area (Å²) in [6.07, 6.45) is -0.368. The molecule has 2 rings (SSSR count). The average molecular weight is 273 g/mol. The zero-order valence-corrected chi connectivity index (χ0v) is 9.36. The lowest BCUT2D eigenvalue weighted by Gasteiger charge is -2.08. The van der Waals surface area contributed by atoms with Crippen LogP contribution in [0.1, 0.15) is 5.56 Å². The number of aromatic hydroxyl groups is 1. The van der Waals surface area contributed by atoms with Gasteiger partial charge in [-0.15, -0.1) is 0 Å². The summed E-state index contributed by atoms with van der Waals surface area (Å²) in [6, 6.07) is 4.98. The number of halogens is 1. The van der Waals surface area contributed by atoms with Crippen LogP contribution in [0.5, 0.6) is 5.75 Å². The summed E-state index contributed by atoms with van der Waals surface area (Å²) in [5.74, 6) is 0.193. The zero-order chi connectivity index (χ0) is 10.8. The third-order valence-corrected chi connectivity index (χ3v) is 2.90. The van der Waals surface area contributed by atoms with E-state index in [1.54, 1.807) is 18.2 Å². The van der Waals surface area contributed by atoms with E-state index < -0.39 is 6.16 Å². The fraction of sp³-hybridized carbons (Fsp3) is 0.300. The lowest BCUT2D eigenvalue weighted by Crippen LogP contribution is -2.13. The van der Waals surface area contributed by atoms with Gasteiger partial charge in [-0.1, -0.05) is 15.9 Å². The Bertz CT molecular complexity index is 391. The van der Waals surface area contributed by atoms with Crippen molar-refractivity contribution in [1.82, 2.24) is 0 Å². The molecule has 1 fully saturated rings. The minimum atomic E-state index is -0.628. The molecule has 0 aromatic heterocycles. The lowest BCUT2D eigenvalue weighted by atomic mass is 10.1. The van der Waals surface area contributed by atoms with Crippen LogP contribution >= 0.6 is 15.9 Å². The highest BCUT2D eigenvalue weighted by Gasteiger charge is 2.25. The molecule has 1 aromatic carbocycles. The molecule has 0 saturated carbocycles. The monoisotopic (exact) mass is 272 g/mol. The van der Waals surface area contributed by atoms with Crippen LogP contribution < -0.4 is 0 Å². The Morgan fingerprint density at radius 1 is 1.53 bits per heavy atom. The van der Waals surface area contributed by atoms with Crippen LogP contribution in [0.25, 0.3) is 0 Å². The predicted octanol–water partition coefficient (Wildman–Crippen LogP) is 2.23. The molecule has 0 radical (unpaired) electrons. The van der Waals surface area contributed by atoms with Gasteiger partial charge in [0.05, 0.1) is 0 Å². The first-order chi connectivity index (χ1) is 7.15. The average Bonchev–Trinajstić information content (AvgIpc) is 2.58. The maximum absolute atomic E-state index is 10.7. The molecule has 1 N–H and O–H groups in total. The molecular weight excluding hydrogens is 264 g/mol. The number of phenols is 1. The van der Waals surface area contributed by atoms with Crippen molar-refractivity contribution < 1.29 is 19.4 Å². The van der Waals surface area contributed by atoms with Gasteiger partial charge in [0.2, 0.25) is 0 Å². The topological polar surface area (TPSA) is 55.8 Å². The van der Waals surface area contributed by atoms with Gasteiger partial charge in [0.1, 0.15) is 18.5 Å². The van der Waals surface area contributed by atoms with Crippen LogP contribution in [0, 0.1) is 0 Å². The van der Waals surface area contributed by atoms with Gasteiger partial charge in [-0.05, 0) is 23.8 Å². The second-order valence-corrected chi connectivity index (χ2v) is 4.14. The number of cyclic esters (lactones) is 2. The molecule has 0 aliphatic carbocycles. The SMILES string of the molecule is O=C1OCC(Cc2cc(O)ccc2Br)O1. The normalized spacial score (nSPS) is 19.8. The van der Waals surface area contributed by atoms with E-state index in [4.69, 9.17) is 4.74 Å². The van der Waals surface area contributed by atoms with Crippen molar-refractivity contribution in [3.05, 3.63) is 28.2 Å². The minimum absolute atomic E-state index is 0.193. The van der Waals surface area contributed by atoms with Crippen molar-refractivity contribution in [1.29, 1.82) is 0 Å². The number of benzene rings is 1. The van der Waals surface area contributed by atoms with Crippen molar-refractivity contribution in [3.8, 4) is 5.75 Å². The van der Waals surface area contributed by atoms with Gasteiger partial charge in [0.25, 0.3) is 0 Å². The van der Waals surface area contributed by atoms with Crippen LogP contribution in [0.3, 0.4) is 0 Å². The van der Waals surface area contributed by atoms with Gasteiger partial charge < -0.3 is 14.6 Å². The second kappa shape index (κ2) is 4.10. The Balaban J connectivity index is 2.10. The second-order valence-electron chi connectivity index (χ2n) is 3.28. The standard InChI is InChI=1S/C10H9BrO4/c11-9-2-1-7(12)3-6(9)4-8-5-14-10(13)15-8/h1-3,8,12H,4-5H2. The van der Waals surface area contributed by atoms with Crippen LogP contribution in [0.2, 0.25) is 0 Å². The van der Waals surface area contributed by atoms with Crippen LogP contribution in [0.4, 0.5) is 4.79 Å². The first-order valence-corrected chi connectivity index (χ1v) is 5.25. The van der Waals surface area contributed by atoms with Crippen molar-refractivity contribution in [2.45, 2.75) is 12.5 Å². The highest BCUT2D eigenvalue weighted by atomic mass is 79.9. The smallest absolute Gasteiger partial charge is 0.508 e. The molecule has 1 aliphatic rings. The molecule has 80 valence electrons. The Hall–Kier alpha value is -1.23. The first kappa shape index (κ1) is 10.3. The van der Waals surface area contributed by atoms with E-state index in [0.29, 0.717) is 6.42 Å². The molecular formula is C10H9BrO4. The van der Waals surface area contributed by atoms with Crippen molar-refractivity contribution in [2.75, 3.05) is 6.61 Å². The number of phenolic OH excluding ortho intramolecular Hbond substituents is 1. The van der Waals surface area contributed by atoms with Gasteiger partial charge in [-0.2, -0.15) is 0 Å². The number of rotatable bonds is 2. The molecule has 0 spiro atoms. The molecule has 1 atom stereocenters. The van der Waals surface area contributed by atoms with E-state index in [2.05, 4.69) is 20.7 Å². The van der Waals surface area contributed by atoms with E-state index in [0.717, 1.165) is 10.0 Å². The van der Waals surface area contributed by atoms with Crippen molar-refractivity contribution >= 4 is 22.1 Å². The Morgan fingerprint density at radius 3 is 3.00 bits per heavy atom. The van der Waals surface area contributed by atoms with Gasteiger partial charge >= 0.3 is 6.16 Å². The van der Waals surface area contributed by atoms with Crippen LogP contribution in [0.15, 0.2) is 22.7 Å². The highest BCUT2D eigenvalue weighted by molar-refractivity contribution is 9.10.